The Morgan fingerprint density at radius 3 is 2.56 bits per heavy atom. The molecule has 134 valence electrons. The highest BCUT2D eigenvalue weighted by molar-refractivity contribution is 6.08. The Kier molecular flexibility index (Phi) is 4.21. The van der Waals surface area contributed by atoms with E-state index in [0.717, 1.165) is 5.56 Å². The summed E-state index contributed by atoms with van der Waals surface area (Å²) in [5.41, 5.74) is 1.27. The Balaban J connectivity index is 1.65. The first kappa shape index (κ1) is 16.6. The summed E-state index contributed by atoms with van der Waals surface area (Å²) < 4.78 is 10.6. The Morgan fingerprint density at radius 2 is 1.81 bits per heavy atom. The third-order valence-corrected chi connectivity index (χ3v) is 3.91. The molecule has 1 aromatic carbocycles. The average molecular weight is 362 g/mol. The van der Waals surface area contributed by atoms with Crippen molar-refractivity contribution in [2.75, 3.05) is 4.90 Å². The van der Waals surface area contributed by atoms with Crippen LogP contribution in [0.5, 0.6) is 5.75 Å². The van der Waals surface area contributed by atoms with E-state index in [0.29, 0.717) is 11.6 Å². The molecule has 0 saturated heterocycles. The molecule has 1 atom stereocenters. The number of carbonyl (C=O) groups excluding carboxylic acids is 2. The molecule has 1 aliphatic heterocycles. The number of nitrogens with zero attached hydrogens (tertiary/aromatic N) is 4. The van der Waals surface area contributed by atoms with Crippen molar-refractivity contribution in [3.8, 4) is 5.75 Å². The van der Waals surface area contributed by atoms with Gasteiger partial charge in [0.2, 0.25) is 6.23 Å². The number of benzene rings is 1. The lowest BCUT2D eigenvalue weighted by atomic mass is 10.3. The number of pyridine rings is 1. The Morgan fingerprint density at radius 1 is 1.04 bits per heavy atom. The van der Waals surface area contributed by atoms with Gasteiger partial charge in [-0.1, -0.05) is 24.3 Å². The number of anilines is 1. The number of hydrogen-bond acceptors (Lipinski definition) is 7. The second-order valence-corrected chi connectivity index (χ2v) is 5.79. The highest BCUT2D eigenvalue weighted by Gasteiger charge is 2.44. The number of carbonyl (C=O) groups is 2. The van der Waals surface area contributed by atoms with E-state index < -0.39 is 18.3 Å². The minimum atomic E-state index is -1.12. The summed E-state index contributed by atoms with van der Waals surface area (Å²) in [5.74, 6) is 0.195. The predicted molar refractivity (Wildman–Crippen MR) is 94.1 cm³/mol. The predicted octanol–water partition coefficient (Wildman–Crippen LogP) is 3.05. The van der Waals surface area contributed by atoms with Crippen LogP contribution in [0, 0.1) is 6.92 Å². The van der Waals surface area contributed by atoms with Gasteiger partial charge in [0.1, 0.15) is 17.3 Å². The van der Waals surface area contributed by atoms with E-state index in [1.54, 1.807) is 48.7 Å². The zero-order chi connectivity index (χ0) is 18.8. The minimum Gasteiger partial charge on any atom is -0.403 e. The van der Waals surface area contributed by atoms with Crippen LogP contribution < -0.4 is 9.64 Å². The van der Waals surface area contributed by atoms with Crippen molar-refractivity contribution in [1.29, 1.82) is 0 Å². The maximum atomic E-state index is 12.8. The van der Waals surface area contributed by atoms with Crippen molar-refractivity contribution in [2.24, 2.45) is 0 Å². The smallest absolute Gasteiger partial charge is 0.403 e. The quantitative estimate of drug-likeness (QED) is 0.522. The second-order valence-electron chi connectivity index (χ2n) is 5.79. The Hall–Kier alpha value is -3.81. The topological polar surface area (TPSA) is 94.5 Å². The summed E-state index contributed by atoms with van der Waals surface area (Å²) in [6.07, 6.45) is 2.37. The van der Waals surface area contributed by atoms with Gasteiger partial charge in [-0.25, -0.2) is 19.7 Å². The van der Waals surface area contributed by atoms with E-state index >= 15 is 0 Å². The fourth-order valence-corrected chi connectivity index (χ4v) is 2.67. The first-order chi connectivity index (χ1) is 13.1. The molecule has 3 heterocycles. The number of aromatic nitrogens is 3. The van der Waals surface area contributed by atoms with Crippen LogP contribution in [0.4, 0.5) is 10.6 Å². The first-order valence-corrected chi connectivity index (χ1v) is 8.14. The number of rotatable bonds is 3. The largest absolute Gasteiger partial charge is 0.516 e. The highest BCUT2D eigenvalue weighted by atomic mass is 16.7. The SMILES string of the molecule is Cc1ccc(N2C(=O)c3nccnc3C2OC(=O)Oc2ccccc2)nc1. The van der Waals surface area contributed by atoms with Crippen molar-refractivity contribution in [1.82, 2.24) is 15.0 Å². The van der Waals surface area contributed by atoms with Crippen molar-refractivity contribution in [3.05, 3.63) is 78.0 Å². The van der Waals surface area contributed by atoms with Crippen molar-refractivity contribution >= 4 is 17.9 Å². The zero-order valence-corrected chi connectivity index (χ0v) is 14.3. The normalized spacial score (nSPS) is 15.4. The van der Waals surface area contributed by atoms with Gasteiger partial charge in [-0.05, 0) is 30.7 Å². The summed E-state index contributed by atoms with van der Waals surface area (Å²) in [6, 6.07) is 12.0. The average Bonchev–Trinajstić information content (AvgIpc) is 2.96. The maximum Gasteiger partial charge on any atom is 0.516 e. The monoisotopic (exact) mass is 362 g/mol. The van der Waals surface area contributed by atoms with E-state index in [4.69, 9.17) is 9.47 Å². The van der Waals surface area contributed by atoms with E-state index in [2.05, 4.69) is 15.0 Å². The second kappa shape index (κ2) is 6.83. The summed E-state index contributed by atoms with van der Waals surface area (Å²) in [7, 11) is 0. The van der Waals surface area contributed by atoms with Gasteiger partial charge in [-0.15, -0.1) is 0 Å². The molecule has 1 aliphatic rings. The van der Waals surface area contributed by atoms with Gasteiger partial charge in [0.05, 0.1) is 0 Å². The fraction of sp³-hybridized carbons (Fsp3) is 0.105. The van der Waals surface area contributed by atoms with Gasteiger partial charge in [0, 0.05) is 18.6 Å². The van der Waals surface area contributed by atoms with Crippen LogP contribution in [0.2, 0.25) is 0 Å². The van der Waals surface area contributed by atoms with Gasteiger partial charge in [0.25, 0.3) is 5.91 Å². The molecule has 0 saturated carbocycles. The van der Waals surface area contributed by atoms with Crippen LogP contribution in [0.3, 0.4) is 0 Å². The van der Waals surface area contributed by atoms with E-state index in [9.17, 15) is 9.59 Å². The Bertz CT molecular complexity index is 992. The molecule has 0 bridgehead atoms. The van der Waals surface area contributed by atoms with Crippen LogP contribution in [-0.2, 0) is 4.74 Å². The maximum absolute atomic E-state index is 12.8. The van der Waals surface area contributed by atoms with Gasteiger partial charge >= 0.3 is 6.16 Å². The van der Waals surface area contributed by atoms with Crippen molar-refractivity contribution in [2.45, 2.75) is 13.2 Å². The minimum absolute atomic E-state index is 0.109. The highest BCUT2D eigenvalue weighted by Crippen LogP contribution is 2.35. The van der Waals surface area contributed by atoms with Crippen molar-refractivity contribution in [3.63, 3.8) is 0 Å². The number of para-hydroxylation sites is 1. The van der Waals surface area contributed by atoms with Crippen LogP contribution in [-0.4, -0.2) is 27.0 Å². The molecule has 0 aliphatic carbocycles. The van der Waals surface area contributed by atoms with E-state index in [1.807, 2.05) is 6.92 Å². The van der Waals surface area contributed by atoms with Crippen molar-refractivity contribution < 1.29 is 19.1 Å². The molecular weight excluding hydrogens is 348 g/mol. The summed E-state index contributed by atoms with van der Waals surface area (Å²) in [5, 5.41) is 0. The lowest BCUT2D eigenvalue weighted by molar-refractivity contribution is 0.0555. The van der Waals surface area contributed by atoms with Gasteiger partial charge < -0.3 is 9.47 Å². The number of amides is 1. The summed E-state index contributed by atoms with van der Waals surface area (Å²) in [6.45, 7) is 1.88. The van der Waals surface area contributed by atoms with Crippen LogP contribution in [0.15, 0.2) is 61.1 Å². The van der Waals surface area contributed by atoms with Gasteiger partial charge in [0.15, 0.2) is 5.69 Å². The fourth-order valence-electron chi connectivity index (χ4n) is 2.67. The van der Waals surface area contributed by atoms with Crippen LogP contribution >= 0.6 is 0 Å². The molecule has 2 aromatic heterocycles. The molecule has 0 radical (unpaired) electrons. The zero-order valence-electron chi connectivity index (χ0n) is 14.3. The molecule has 4 rings (SSSR count). The molecule has 1 amide bonds. The Labute approximate surface area is 154 Å². The number of fused-ring (bicyclic) bond motifs is 1. The molecule has 8 nitrogen and oxygen atoms in total. The third kappa shape index (κ3) is 3.20. The molecule has 0 N–H and O–H groups in total. The lowest BCUT2D eigenvalue weighted by Gasteiger charge is -2.23. The number of ether oxygens (including phenoxy) is 2. The van der Waals surface area contributed by atoms with E-state index in [1.165, 1.54) is 17.3 Å². The lowest BCUT2D eigenvalue weighted by Crippen LogP contribution is -2.32. The summed E-state index contributed by atoms with van der Waals surface area (Å²) >= 11 is 0. The van der Waals surface area contributed by atoms with Gasteiger partial charge in [-0.2, -0.15) is 0 Å². The summed E-state index contributed by atoms with van der Waals surface area (Å²) in [4.78, 5) is 38.8. The van der Waals surface area contributed by atoms with Crippen LogP contribution in [0.1, 0.15) is 28.0 Å². The van der Waals surface area contributed by atoms with E-state index in [-0.39, 0.29) is 11.4 Å². The molecule has 27 heavy (non-hydrogen) atoms. The molecule has 3 aromatic rings. The molecule has 1 unspecified atom stereocenters. The molecule has 8 heteroatoms. The standard InChI is InChI=1S/C19H14N4O4/c1-12-7-8-14(22-11-12)23-17(24)15-16(21-10-9-20-15)18(23)27-19(25)26-13-5-3-2-4-6-13/h2-11,18H,1H3. The first-order valence-electron chi connectivity index (χ1n) is 8.14. The van der Waals surface area contributed by atoms with Gasteiger partial charge in [-0.3, -0.25) is 9.78 Å². The molecular formula is C19H14N4O4. The third-order valence-electron chi connectivity index (χ3n) is 3.91. The molecule has 0 fully saturated rings. The van der Waals surface area contributed by atoms with Crippen LogP contribution in [0.25, 0.3) is 0 Å². The number of aryl methyl sites for hydroxylation is 1. The number of hydrogen-bond donors (Lipinski definition) is 0. The molecule has 0 spiro atoms.